The molecule has 0 saturated carbocycles. The van der Waals surface area contributed by atoms with Crippen molar-refractivity contribution in [3.63, 3.8) is 0 Å². The van der Waals surface area contributed by atoms with E-state index in [0.717, 1.165) is 22.6 Å². The van der Waals surface area contributed by atoms with Crippen LogP contribution in [0.5, 0.6) is 11.5 Å². The Morgan fingerprint density at radius 2 is 1.62 bits per heavy atom. The molecule has 0 aliphatic carbocycles. The van der Waals surface area contributed by atoms with Crippen molar-refractivity contribution in [2.45, 2.75) is 0 Å². The van der Waals surface area contributed by atoms with E-state index in [9.17, 15) is 0 Å². The van der Waals surface area contributed by atoms with Gasteiger partial charge in [0.15, 0.2) is 0 Å². The minimum absolute atomic E-state index is 0.729. The molecule has 0 aromatic heterocycles. The van der Waals surface area contributed by atoms with Crippen LogP contribution < -0.4 is 9.47 Å². The van der Waals surface area contributed by atoms with Crippen molar-refractivity contribution in [3.05, 3.63) is 48.5 Å². The molecule has 0 unspecified atom stereocenters. The van der Waals surface area contributed by atoms with Crippen molar-refractivity contribution in [2.75, 3.05) is 14.2 Å². The summed E-state index contributed by atoms with van der Waals surface area (Å²) < 4.78 is 10.6. The fraction of sp³-hybridized carbons (Fsp3) is 0.143. The summed E-state index contributed by atoms with van der Waals surface area (Å²) in [5, 5.41) is 0. The summed E-state index contributed by atoms with van der Waals surface area (Å²) in [7, 11) is 3.31. The van der Waals surface area contributed by atoms with Gasteiger partial charge < -0.3 is 9.47 Å². The van der Waals surface area contributed by atoms with Gasteiger partial charge in [0.1, 0.15) is 11.5 Å². The number of benzene rings is 2. The molecule has 2 aromatic carbocycles. The van der Waals surface area contributed by atoms with E-state index >= 15 is 0 Å². The molecule has 0 aliphatic rings. The van der Waals surface area contributed by atoms with Gasteiger partial charge in [-0.15, -0.1) is 0 Å². The standard InChI is InChI=1S/C14H13O2/c1-15-13-9-5-3-7-11(13)12-8-4-6-10-14(12)16-2/h3-9H,1-2H3. The quantitative estimate of drug-likeness (QED) is 0.779. The molecule has 0 N–H and O–H groups in total. The number of methoxy groups -OCH3 is 2. The summed E-state index contributed by atoms with van der Waals surface area (Å²) in [6, 6.07) is 16.7. The van der Waals surface area contributed by atoms with Gasteiger partial charge in [-0.3, -0.25) is 0 Å². The van der Waals surface area contributed by atoms with Crippen LogP contribution >= 0.6 is 0 Å². The minimum Gasteiger partial charge on any atom is -0.496 e. The molecule has 16 heavy (non-hydrogen) atoms. The van der Waals surface area contributed by atoms with E-state index in [4.69, 9.17) is 9.47 Å². The van der Waals surface area contributed by atoms with Crippen LogP contribution in [0.2, 0.25) is 0 Å². The zero-order chi connectivity index (χ0) is 11.4. The monoisotopic (exact) mass is 213 g/mol. The molecule has 0 bridgehead atoms. The van der Waals surface area contributed by atoms with E-state index in [0.29, 0.717) is 0 Å². The lowest BCUT2D eigenvalue weighted by molar-refractivity contribution is 0.410. The van der Waals surface area contributed by atoms with Gasteiger partial charge in [-0.2, -0.15) is 0 Å². The maximum absolute atomic E-state index is 5.33. The zero-order valence-electron chi connectivity index (χ0n) is 9.36. The molecule has 2 aromatic rings. The maximum Gasteiger partial charge on any atom is 0.134 e. The second-order valence-corrected chi connectivity index (χ2v) is 3.32. The molecule has 2 nitrogen and oxygen atoms in total. The molecule has 0 saturated heterocycles. The van der Waals surface area contributed by atoms with Crippen molar-refractivity contribution in [1.29, 1.82) is 0 Å². The highest BCUT2D eigenvalue weighted by Gasteiger charge is 2.09. The largest absolute Gasteiger partial charge is 0.496 e. The Morgan fingerprint density at radius 1 is 0.875 bits per heavy atom. The second-order valence-electron chi connectivity index (χ2n) is 3.32. The van der Waals surface area contributed by atoms with Gasteiger partial charge in [0.25, 0.3) is 0 Å². The van der Waals surface area contributed by atoms with E-state index in [2.05, 4.69) is 6.07 Å². The van der Waals surface area contributed by atoms with Crippen LogP contribution in [0.3, 0.4) is 0 Å². The molecule has 0 heterocycles. The van der Waals surface area contributed by atoms with Crippen LogP contribution in [0.1, 0.15) is 0 Å². The highest BCUT2D eigenvalue weighted by atomic mass is 16.5. The Hall–Kier alpha value is -1.96. The number of rotatable bonds is 3. The van der Waals surface area contributed by atoms with Gasteiger partial charge in [0, 0.05) is 17.2 Å². The van der Waals surface area contributed by atoms with Crippen molar-refractivity contribution in [3.8, 4) is 22.6 Å². The first-order valence-electron chi connectivity index (χ1n) is 5.05. The average Bonchev–Trinajstić information content (AvgIpc) is 2.38. The van der Waals surface area contributed by atoms with Crippen LogP contribution in [-0.2, 0) is 0 Å². The molecule has 81 valence electrons. The van der Waals surface area contributed by atoms with Crippen LogP contribution in [-0.4, -0.2) is 14.2 Å². The molecule has 0 fully saturated rings. The molecule has 2 rings (SSSR count). The van der Waals surface area contributed by atoms with E-state index in [-0.39, 0.29) is 0 Å². The fourth-order valence-corrected chi connectivity index (χ4v) is 1.67. The molecule has 0 spiro atoms. The highest BCUT2D eigenvalue weighted by molar-refractivity contribution is 5.75. The van der Waals surface area contributed by atoms with Crippen LogP contribution in [0.15, 0.2) is 42.5 Å². The minimum atomic E-state index is 0.729. The smallest absolute Gasteiger partial charge is 0.134 e. The normalized spacial score (nSPS) is 9.88. The van der Waals surface area contributed by atoms with Crippen molar-refractivity contribution >= 4 is 0 Å². The summed E-state index contributed by atoms with van der Waals surface area (Å²) in [6.07, 6.45) is 0. The maximum atomic E-state index is 5.33. The summed E-state index contributed by atoms with van der Waals surface area (Å²) >= 11 is 0. The third kappa shape index (κ3) is 1.87. The van der Waals surface area contributed by atoms with Crippen LogP contribution in [0, 0.1) is 6.07 Å². The van der Waals surface area contributed by atoms with Gasteiger partial charge >= 0.3 is 0 Å². The summed E-state index contributed by atoms with van der Waals surface area (Å²) in [6.45, 7) is 0. The van der Waals surface area contributed by atoms with Crippen LogP contribution in [0.4, 0.5) is 0 Å². The number of hydrogen-bond acceptors (Lipinski definition) is 2. The number of ether oxygens (including phenoxy) is 2. The lowest BCUT2D eigenvalue weighted by Crippen LogP contribution is -1.91. The van der Waals surface area contributed by atoms with E-state index in [1.54, 1.807) is 14.2 Å². The Morgan fingerprint density at radius 3 is 2.38 bits per heavy atom. The lowest BCUT2D eigenvalue weighted by Gasteiger charge is -2.11. The Labute approximate surface area is 95.4 Å². The van der Waals surface area contributed by atoms with E-state index in [1.807, 2.05) is 42.5 Å². The van der Waals surface area contributed by atoms with Crippen molar-refractivity contribution < 1.29 is 9.47 Å². The van der Waals surface area contributed by atoms with Gasteiger partial charge in [-0.05, 0) is 6.07 Å². The molecule has 2 heteroatoms. The summed E-state index contributed by atoms with van der Waals surface area (Å²) in [5.74, 6) is 1.56. The molecule has 0 amide bonds. The first-order chi connectivity index (χ1) is 7.86. The van der Waals surface area contributed by atoms with E-state index < -0.39 is 0 Å². The van der Waals surface area contributed by atoms with Gasteiger partial charge in [0.05, 0.1) is 14.2 Å². The third-order valence-corrected chi connectivity index (χ3v) is 2.42. The first kappa shape index (κ1) is 10.6. The summed E-state index contributed by atoms with van der Waals surface area (Å²) in [4.78, 5) is 0. The van der Waals surface area contributed by atoms with Gasteiger partial charge in [0.2, 0.25) is 0 Å². The SMILES string of the molecule is COc1[c]cccc1-c1ccccc1OC. The van der Waals surface area contributed by atoms with E-state index in [1.165, 1.54) is 0 Å². The molecular formula is C14H13O2. The Kier molecular flexibility index (Phi) is 3.10. The molecule has 0 aliphatic heterocycles. The average molecular weight is 213 g/mol. The lowest BCUT2D eigenvalue weighted by atomic mass is 10.0. The number of hydrogen-bond donors (Lipinski definition) is 0. The Bertz CT molecular complexity index is 432. The van der Waals surface area contributed by atoms with Crippen molar-refractivity contribution in [1.82, 2.24) is 0 Å². The fourth-order valence-electron chi connectivity index (χ4n) is 1.67. The number of para-hydroxylation sites is 2. The predicted octanol–water partition coefficient (Wildman–Crippen LogP) is 3.17. The van der Waals surface area contributed by atoms with Gasteiger partial charge in [-0.1, -0.05) is 36.4 Å². The second kappa shape index (κ2) is 4.71. The first-order valence-corrected chi connectivity index (χ1v) is 5.05. The third-order valence-electron chi connectivity index (χ3n) is 2.42. The molecular weight excluding hydrogens is 200 g/mol. The Balaban J connectivity index is 2.58. The topological polar surface area (TPSA) is 18.5 Å². The van der Waals surface area contributed by atoms with Gasteiger partial charge in [-0.25, -0.2) is 0 Å². The van der Waals surface area contributed by atoms with Crippen LogP contribution in [0.25, 0.3) is 11.1 Å². The highest BCUT2D eigenvalue weighted by Crippen LogP contribution is 2.35. The van der Waals surface area contributed by atoms with Crippen molar-refractivity contribution in [2.24, 2.45) is 0 Å². The zero-order valence-corrected chi connectivity index (χ0v) is 9.36. The molecule has 0 atom stereocenters. The summed E-state index contributed by atoms with van der Waals surface area (Å²) in [5.41, 5.74) is 2.00. The predicted molar refractivity (Wildman–Crippen MR) is 63.8 cm³/mol. The molecule has 1 radical (unpaired) electrons.